The highest BCUT2D eigenvalue weighted by Gasteiger charge is 2.49. The van der Waals surface area contributed by atoms with Gasteiger partial charge in [0, 0.05) is 28.7 Å². The van der Waals surface area contributed by atoms with E-state index in [1.807, 2.05) is 0 Å². The fourth-order valence-electron chi connectivity index (χ4n) is 3.47. The largest absolute Gasteiger partial charge is 0.481 e. The molecule has 2 aliphatic rings. The third kappa shape index (κ3) is 2.30. The summed E-state index contributed by atoms with van der Waals surface area (Å²) in [5.41, 5.74) is 0.636. The van der Waals surface area contributed by atoms with E-state index in [-0.39, 0.29) is 17.8 Å². The molecule has 0 saturated carbocycles. The van der Waals surface area contributed by atoms with Gasteiger partial charge in [-0.1, -0.05) is 15.9 Å². The number of fused-ring (bicyclic) bond motifs is 2. The lowest BCUT2D eigenvalue weighted by Crippen LogP contribution is -2.32. The lowest BCUT2D eigenvalue weighted by molar-refractivity contribution is -0.142. The van der Waals surface area contributed by atoms with E-state index in [4.69, 9.17) is 0 Å². The molecule has 3 nitrogen and oxygen atoms in total. The number of nitrogens with zero attached hydrogens (tertiary/aromatic N) is 1. The van der Waals surface area contributed by atoms with Crippen LogP contribution in [0.4, 0.5) is 4.39 Å². The molecule has 2 bridgehead atoms. The summed E-state index contributed by atoms with van der Waals surface area (Å²) in [5.74, 6) is -1.22. The Morgan fingerprint density at radius 2 is 2.26 bits per heavy atom. The third-order valence-electron chi connectivity index (χ3n) is 4.36. The van der Waals surface area contributed by atoms with Crippen LogP contribution in [0.5, 0.6) is 0 Å². The molecule has 1 aromatic carbocycles. The lowest BCUT2D eigenvalue weighted by Gasteiger charge is -2.23. The number of halogens is 2. The predicted octanol–water partition coefficient (Wildman–Crippen LogP) is 3.03. The second kappa shape index (κ2) is 4.87. The van der Waals surface area contributed by atoms with Crippen LogP contribution in [-0.2, 0) is 11.3 Å². The van der Waals surface area contributed by atoms with Gasteiger partial charge in [-0.15, -0.1) is 0 Å². The average molecular weight is 328 g/mol. The van der Waals surface area contributed by atoms with Crippen molar-refractivity contribution < 1.29 is 14.3 Å². The highest BCUT2D eigenvalue weighted by Crippen LogP contribution is 2.42. The van der Waals surface area contributed by atoms with Crippen molar-refractivity contribution in [3.05, 3.63) is 34.1 Å². The molecule has 0 spiro atoms. The summed E-state index contributed by atoms with van der Waals surface area (Å²) in [5, 5.41) is 9.21. The Bertz CT molecular complexity index is 522. The molecule has 3 rings (SSSR count). The van der Waals surface area contributed by atoms with E-state index >= 15 is 0 Å². The maximum Gasteiger partial charge on any atom is 0.308 e. The summed E-state index contributed by atoms with van der Waals surface area (Å²) in [6, 6.07) is 5.28. The normalized spacial score (nSPS) is 29.9. The number of carbonyl (C=O) groups is 1. The smallest absolute Gasteiger partial charge is 0.308 e. The molecule has 0 radical (unpaired) electrons. The van der Waals surface area contributed by atoms with Crippen molar-refractivity contribution in [2.24, 2.45) is 5.92 Å². The highest BCUT2D eigenvalue weighted by molar-refractivity contribution is 9.10. The predicted molar refractivity (Wildman–Crippen MR) is 72.2 cm³/mol. The van der Waals surface area contributed by atoms with E-state index < -0.39 is 5.97 Å². The lowest BCUT2D eigenvalue weighted by atomic mass is 9.89. The van der Waals surface area contributed by atoms with Crippen LogP contribution >= 0.6 is 15.9 Å². The molecule has 1 aromatic rings. The minimum absolute atomic E-state index is 0.0703. The fourth-order valence-corrected chi connectivity index (χ4v) is 3.88. The quantitative estimate of drug-likeness (QED) is 0.927. The summed E-state index contributed by atoms with van der Waals surface area (Å²) in [6.07, 6.45) is 2.65. The summed E-state index contributed by atoms with van der Waals surface area (Å²) in [7, 11) is 0. The zero-order chi connectivity index (χ0) is 13.6. The first-order valence-corrected chi connectivity index (χ1v) is 7.28. The van der Waals surface area contributed by atoms with Gasteiger partial charge < -0.3 is 5.11 Å². The number of carboxylic acid groups (broad SMARTS) is 1. The van der Waals surface area contributed by atoms with Gasteiger partial charge in [0.25, 0.3) is 0 Å². The zero-order valence-electron chi connectivity index (χ0n) is 10.4. The number of benzene rings is 1. The standard InChI is InChI=1S/C14H15BrFNO2/c15-9-1-3-12(16)8(5-9)7-17-10-2-4-13(17)11(6-10)14(18)19/h1,3,5,10-11,13H,2,4,6-7H2,(H,18,19). The molecule has 3 unspecified atom stereocenters. The Hall–Kier alpha value is -0.940. The molecule has 19 heavy (non-hydrogen) atoms. The van der Waals surface area contributed by atoms with Crippen LogP contribution in [0.3, 0.4) is 0 Å². The SMILES string of the molecule is O=C(O)C1CC2CCC1N2Cc1cc(Br)ccc1F. The molecule has 5 heteroatoms. The number of carboxylic acids is 1. The van der Waals surface area contributed by atoms with Gasteiger partial charge in [-0.2, -0.15) is 0 Å². The first kappa shape index (κ1) is 13.1. The Morgan fingerprint density at radius 3 is 2.95 bits per heavy atom. The Balaban J connectivity index is 1.81. The molecule has 2 heterocycles. The Morgan fingerprint density at radius 1 is 1.47 bits per heavy atom. The van der Waals surface area contributed by atoms with Gasteiger partial charge in [0.2, 0.25) is 0 Å². The average Bonchev–Trinajstić information content (AvgIpc) is 2.91. The summed E-state index contributed by atoms with van der Waals surface area (Å²) >= 11 is 3.35. The van der Waals surface area contributed by atoms with Crippen molar-refractivity contribution in [2.45, 2.75) is 37.9 Å². The Labute approximate surface area is 119 Å². The zero-order valence-corrected chi connectivity index (χ0v) is 11.9. The maximum absolute atomic E-state index is 13.8. The van der Waals surface area contributed by atoms with E-state index in [1.54, 1.807) is 12.1 Å². The van der Waals surface area contributed by atoms with Crippen molar-refractivity contribution in [3.8, 4) is 0 Å². The van der Waals surface area contributed by atoms with Gasteiger partial charge in [-0.05, 0) is 37.5 Å². The van der Waals surface area contributed by atoms with Crippen LogP contribution in [0.25, 0.3) is 0 Å². The molecule has 0 aromatic heterocycles. The van der Waals surface area contributed by atoms with Crippen LogP contribution in [0.15, 0.2) is 22.7 Å². The van der Waals surface area contributed by atoms with E-state index in [9.17, 15) is 14.3 Å². The number of hydrogen-bond donors (Lipinski definition) is 1. The van der Waals surface area contributed by atoms with Crippen molar-refractivity contribution in [1.82, 2.24) is 4.90 Å². The molecule has 2 saturated heterocycles. The van der Waals surface area contributed by atoms with Crippen LogP contribution in [0, 0.1) is 11.7 Å². The molecular weight excluding hydrogens is 313 g/mol. The molecule has 3 atom stereocenters. The van der Waals surface area contributed by atoms with Crippen LogP contribution in [0.2, 0.25) is 0 Å². The van der Waals surface area contributed by atoms with Crippen molar-refractivity contribution >= 4 is 21.9 Å². The van der Waals surface area contributed by atoms with Gasteiger partial charge >= 0.3 is 5.97 Å². The van der Waals surface area contributed by atoms with E-state index in [1.165, 1.54) is 6.07 Å². The maximum atomic E-state index is 13.8. The second-order valence-corrected chi connectivity index (χ2v) is 6.30. The molecule has 1 N–H and O–H groups in total. The van der Waals surface area contributed by atoms with Gasteiger partial charge in [-0.25, -0.2) is 4.39 Å². The molecule has 2 aliphatic heterocycles. The topological polar surface area (TPSA) is 40.5 Å². The van der Waals surface area contributed by atoms with Crippen LogP contribution < -0.4 is 0 Å². The molecule has 0 aliphatic carbocycles. The minimum Gasteiger partial charge on any atom is -0.481 e. The van der Waals surface area contributed by atoms with Gasteiger partial charge in [0.15, 0.2) is 0 Å². The monoisotopic (exact) mass is 327 g/mol. The van der Waals surface area contributed by atoms with Crippen LogP contribution in [0.1, 0.15) is 24.8 Å². The van der Waals surface area contributed by atoms with E-state index in [0.29, 0.717) is 24.6 Å². The molecule has 0 amide bonds. The molecule has 2 fully saturated rings. The van der Waals surface area contributed by atoms with Crippen LogP contribution in [-0.4, -0.2) is 28.1 Å². The van der Waals surface area contributed by atoms with E-state index in [0.717, 1.165) is 17.3 Å². The van der Waals surface area contributed by atoms with Gasteiger partial charge in [0.05, 0.1) is 5.92 Å². The first-order valence-electron chi connectivity index (χ1n) is 6.48. The summed E-state index contributed by atoms with van der Waals surface area (Å²) in [6.45, 7) is 0.504. The third-order valence-corrected chi connectivity index (χ3v) is 4.85. The van der Waals surface area contributed by atoms with Gasteiger partial charge in [0.1, 0.15) is 5.82 Å². The number of hydrogen-bond acceptors (Lipinski definition) is 2. The fraction of sp³-hybridized carbons (Fsp3) is 0.500. The van der Waals surface area contributed by atoms with Crippen molar-refractivity contribution in [2.75, 3.05) is 0 Å². The number of aliphatic carboxylic acids is 1. The number of rotatable bonds is 3. The highest BCUT2D eigenvalue weighted by atomic mass is 79.9. The summed E-state index contributed by atoms with van der Waals surface area (Å²) in [4.78, 5) is 13.4. The first-order chi connectivity index (χ1) is 9.06. The molecule has 102 valence electrons. The second-order valence-electron chi connectivity index (χ2n) is 5.39. The molecular formula is C14H15BrFNO2. The van der Waals surface area contributed by atoms with Crippen molar-refractivity contribution in [1.29, 1.82) is 0 Å². The summed E-state index contributed by atoms with van der Waals surface area (Å²) < 4.78 is 14.6. The van der Waals surface area contributed by atoms with Crippen molar-refractivity contribution in [3.63, 3.8) is 0 Å². The van der Waals surface area contributed by atoms with Gasteiger partial charge in [-0.3, -0.25) is 9.69 Å². The van der Waals surface area contributed by atoms with E-state index in [2.05, 4.69) is 20.8 Å². The Kier molecular flexibility index (Phi) is 3.35. The minimum atomic E-state index is -0.716.